The van der Waals surface area contributed by atoms with E-state index in [0.29, 0.717) is 12.5 Å². The van der Waals surface area contributed by atoms with Crippen molar-refractivity contribution in [3.8, 4) is 0 Å². The number of rotatable bonds is 3. The van der Waals surface area contributed by atoms with E-state index in [1.807, 2.05) is 25.1 Å². The average molecular weight is 236 g/mol. The lowest BCUT2D eigenvalue weighted by Crippen LogP contribution is -2.26. The molecule has 2 rings (SSSR count). The van der Waals surface area contributed by atoms with Crippen molar-refractivity contribution in [3.05, 3.63) is 35.1 Å². The van der Waals surface area contributed by atoms with Crippen molar-refractivity contribution >= 4 is 0 Å². The molecule has 0 atom stereocenters. The Morgan fingerprint density at radius 3 is 2.59 bits per heavy atom. The van der Waals surface area contributed by atoms with Gasteiger partial charge in [-0.25, -0.2) is 4.39 Å². The first-order valence-electron chi connectivity index (χ1n) is 6.30. The minimum Gasteiger partial charge on any atom is -0.317 e. The van der Waals surface area contributed by atoms with Crippen LogP contribution in [-0.2, 0) is 6.54 Å². The number of hydrogen-bond donors (Lipinski definition) is 1. The van der Waals surface area contributed by atoms with E-state index in [2.05, 4.69) is 11.4 Å². The van der Waals surface area contributed by atoms with Gasteiger partial charge in [-0.2, -0.15) is 0 Å². The molecule has 0 saturated carbocycles. The molecule has 1 N–H and O–H groups in total. The van der Waals surface area contributed by atoms with Gasteiger partial charge in [0.15, 0.2) is 0 Å². The summed E-state index contributed by atoms with van der Waals surface area (Å²) in [6, 6.07) is 5.76. The summed E-state index contributed by atoms with van der Waals surface area (Å²) in [7, 11) is 3.92. The highest BCUT2D eigenvalue weighted by molar-refractivity contribution is 5.27. The smallest absolute Gasteiger partial charge is 0.127 e. The van der Waals surface area contributed by atoms with E-state index in [1.165, 1.54) is 0 Å². The summed E-state index contributed by atoms with van der Waals surface area (Å²) in [5.41, 5.74) is 1.94. The maximum Gasteiger partial charge on any atom is 0.127 e. The van der Waals surface area contributed by atoms with Gasteiger partial charge in [0.25, 0.3) is 0 Å². The fourth-order valence-corrected chi connectivity index (χ4v) is 2.44. The zero-order chi connectivity index (χ0) is 12.3. The van der Waals surface area contributed by atoms with Crippen molar-refractivity contribution in [1.82, 2.24) is 10.2 Å². The zero-order valence-electron chi connectivity index (χ0n) is 10.7. The topological polar surface area (TPSA) is 15.3 Å². The largest absolute Gasteiger partial charge is 0.317 e. The molecule has 1 aliphatic heterocycles. The Balaban J connectivity index is 2.12. The van der Waals surface area contributed by atoms with Crippen LogP contribution in [0.25, 0.3) is 0 Å². The number of nitrogens with zero attached hydrogens (tertiary/aromatic N) is 1. The molecule has 1 aromatic rings. The third kappa shape index (κ3) is 3.27. The Morgan fingerprint density at radius 1 is 1.29 bits per heavy atom. The number of piperidine rings is 1. The molecule has 0 amide bonds. The maximum absolute atomic E-state index is 13.9. The molecular weight excluding hydrogens is 215 g/mol. The quantitative estimate of drug-likeness (QED) is 0.866. The van der Waals surface area contributed by atoms with E-state index >= 15 is 0 Å². The van der Waals surface area contributed by atoms with Gasteiger partial charge in [0, 0.05) is 12.1 Å². The SMILES string of the molecule is CN(C)Cc1ccc(C2CCNCC2)cc1F. The number of halogens is 1. The molecule has 0 spiro atoms. The van der Waals surface area contributed by atoms with Crippen molar-refractivity contribution in [2.45, 2.75) is 25.3 Å². The van der Waals surface area contributed by atoms with Crippen molar-refractivity contribution < 1.29 is 4.39 Å². The molecule has 1 aromatic carbocycles. The zero-order valence-corrected chi connectivity index (χ0v) is 10.7. The van der Waals surface area contributed by atoms with E-state index in [0.717, 1.165) is 37.1 Å². The third-order valence-electron chi connectivity index (χ3n) is 3.37. The fraction of sp³-hybridized carbons (Fsp3) is 0.571. The van der Waals surface area contributed by atoms with E-state index in [9.17, 15) is 4.39 Å². The molecule has 1 fully saturated rings. The average Bonchev–Trinajstić information content (AvgIpc) is 2.32. The molecular formula is C14H21FN2. The molecule has 2 nitrogen and oxygen atoms in total. The van der Waals surface area contributed by atoms with Gasteiger partial charge in [-0.05, 0) is 57.6 Å². The molecule has 17 heavy (non-hydrogen) atoms. The predicted octanol–water partition coefficient (Wildman–Crippen LogP) is 2.35. The Kier molecular flexibility index (Phi) is 4.13. The van der Waals surface area contributed by atoms with Crippen LogP contribution in [0.2, 0.25) is 0 Å². The molecule has 0 aliphatic carbocycles. The summed E-state index contributed by atoms with van der Waals surface area (Å²) in [5, 5.41) is 3.34. The first-order chi connectivity index (χ1) is 8.16. The molecule has 1 aliphatic rings. The van der Waals surface area contributed by atoms with Crippen LogP contribution in [0, 0.1) is 5.82 Å². The summed E-state index contributed by atoms with van der Waals surface area (Å²) in [5.74, 6) is 0.467. The predicted molar refractivity (Wildman–Crippen MR) is 68.6 cm³/mol. The molecule has 0 unspecified atom stereocenters. The van der Waals surface area contributed by atoms with Crippen LogP contribution in [0.15, 0.2) is 18.2 Å². The number of nitrogens with one attached hydrogen (secondary N) is 1. The molecule has 0 radical (unpaired) electrons. The summed E-state index contributed by atoms with van der Waals surface area (Å²) in [6.45, 7) is 2.76. The van der Waals surface area contributed by atoms with Gasteiger partial charge < -0.3 is 10.2 Å². The van der Waals surface area contributed by atoms with E-state index in [4.69, 9.17) is 0 Å². The fourth-order valence-electron chi connectivity index (χ4n) is 2.44. The highest BCUT2D eigenvalue weighted by atomic mass is 19.1. The Labute approximate surface area is 103 Å². The normalized spacial score (nSPS) is 17.6. The van der Waals surface area contributed by atoms with Crippen LogP contribution in [-0.4, -0.2) is 32.1 Å². The second kappa shape index (κ2) is 5.61. The monoisotopic (exact) mass is 236 g/mol. The van der Waals surface area contributed by atoms with E-state index in [1.54, 1.807) is 6.07 Å². The maximum atomic E-state index is 13.9. The molecule has 1 heterocycles. The van der Waals surface area contributed by atoms with Gasteiger partial charge in [0.05, 0.1) is 0 Å². The molecule has 94 valence electrons. The van der Waals surface area contributed by atoms with E-state index < -0.39 is 0 Å². The van der Waals surface area contributed by atoms with Crippen LogP contribution in [0.1, 0.15) is 29.9 Å². The summed E-state index contributed by atoms with van der Waals surface area (Å²) in [4.78, 5) is 1.99. The summed E-state index contributed by atoms with van der Waals surface area (Å²) < 4.78 is 13.9. The van der Waals surface area contributed by atoms with Crippen LogP contribution in [0.5, 0.6) is 0 Å². The summed E-state index contributed by atoms with van der Waals surface area (Å²) in [6.07, 6.45) is 2.24. The van der Waals surface area contributed by atoms with Crippen molar-refractivity contribution in [2.24, 2.45) is 0 Å². The van der Waals surface area contributed by atoms with Crippen LogP contribution in [0.3, 0.4) is 0 Å². The van der Waals surface area contributed by atoms with Gasteiger partial charge in [0.2, 0.25) is 0 Å². The van der Waals surface area contributed by atoms with Gasteiger partial charge in [-0.3, -0.25) is 0 Å². The van der Waals surface area contributed by atoms with Crippen molar-refractivity contribution in [1.29, 1.82) is 0 Å². The van der Waals surface area contributed by atoms with Crippen LogP contribution < -0.4 is 5.32 Å². The number of benzene rings is 1. The Bertz CT molecular complexity index is 370. The third-order valence-corrected chi connectivity index (χ3v) is 3.37. The van der Waals surface area contributed by atoms with E-state index in [-0.39, 0.29) is 5.82 Å². The number of hydrogen-bond acceptors (Lipinski definition) is 2. The first kappa shape index (κ1) is 12.5. The van der Waals surface area contributed by atoms with Crippen molar-refractivity contribution in [2.75, 3.05) is 27.2 Å². The highest BCUT2D eigenvalue weighted by Gasteiger charge is 2.16. The minimum atomic E-state index is -0.0604. The minimum absolute atomic E-state index is 0.0604. The highest BCUT2D eigenvalue weighted by Crippen LogP contribution is 2.26. The summed E-state index contributed by atoms with van der Waals surface area (Å²) >= 11 is 0. The Hall–Kier alpha value is -0.930. The first-order valence-corrected chi connectivity index (χ1v) is 6.30. The van der Waals surface area contributed by atoms with Gasteiger partial charge in [-0.15, -0.1) is 0 Å². The van der Waals surface area contributed by atoms with Gasteiger partial charge in [0.1, 0.15) is 5.82 Å². The standard InChI is InChI=1S/C14H21FN2/c1-17(2)10-13-4-3-12(9-14(13)15)11-5-7-16-8-6-11/h3-4,9,11,16H,5-8,10H2,1-2H3. The molecule has 3 heteroatoms. The lowest BCUT2D eigenvalue weighted by atomic mass is 9.89. The van der Waals surface area contributed by atoms with Gasteiger partial charge >= 0.3 is 0 Å². The second-order valence-electron chi connectivity index (χ2n) is 5.11. The lowest BCUT2D eigenvalue weighted by molar-refractivity contribution is 0.392. The van der Waals surface area contributed by atoms with Crippen LogP contribution in [0.4, 0.5) is 4.39 Å². The van der Waals surface area contributed by atoms with Crippen molar-refractivity contribution in [3.63, 3.8) is 0 Å². The molecule has 0 aromatic heterocycles. The molecule has 0 bridgehead atoms. The van der Waals surface area contributed by atoms with Gasteiger partial charge in [-0.1, -0.05) is 12.1 Å². The second-order valence-corrected chi connectivity index (χ2v) is 5.11. The van der Waals surface area contributed by atoms with Crippen LogP contribution >= 0.6 is 0 Å². The Morgan fingerprint density at radius 2 is 2.00 bits per heavy atom. The molecule has 1 saturated heterocycles. The lowest BCUT2D eigenvalue weighted by Gasteiger charge is -2.23.